The average molecular weight is 316 g/mol. The summed E-state index contributed by atoms with van der Waals surface area (Å²) in [5, 5.41) is 6.90. The van der Waals surface area contributed by atoms with E-state index in [1.807, 2.05) is 19.1 Å². The molecule has 2 rings (SSSR count). The quantitative estimate of drug-likeness (QED) is 0.794. The van der Waals surface area contributed by atoms with Crippen LogP contribution in [0, 0.1) is 13.8 Å². The predicted octanol–water partition coefficient (Wildman–Crippen LogP) is 4.76. The number of anilines is 1. The van der Waals surface area contributed by atoms with Crippen LogP contribution in [0.2, 0.25) is 0 Å². The van der Waals surface area contributed by atoms with Crippen molar-refractivity contribution in [1.82, 2.24) is 5.32 Å². The highest BCUT2D eigenvalue weighted by Crippen LogP contribution is 2.29. The van der Waals surface area contributed by atoms with E-state index in [0.29, 0.717) is 5.11 Å². The number of nitrogens with one attached hydrogen (secondary N) is 2. The van der Waals surface area contributed by atoms with E-state index >= 15 is 0 Å². The van der Waals surface area contributed by atoms with Gasteiger partial charge in [0.25, 0.3) is 0 Å². The Morgan fingerprint density at radius 3 is 2.29 bits per heavy atom. The second-order valence-corrected chi connectivity index (χ2v) is 6.41. The van der Waals surface area contributed by atoms with Crippen LogP contribution in [-0.2, 0) is 0 Å². The van der Waals surface area contributed by atoms with Crippen molar-refractivity contribution in [3.63, 3.8) is 0 Å². The molecule has 0 aliphatic rings. The minimum absolute atomic E-state index is 0.659. The molecule has 0 unspecified atom stereocenters. The first-order valence-corrected chi connectivity index (χ1v) is 8.21. The fourth-order valence-corrected chi connectivity index (χ4v) is 3.03. The Morgan fingerprint density at radius 2 is 1.67 bits per heavy atom. The van der Waals surface area contributed by atoms with E-state index in [0.717, 1.165) is 12.2 Å². The summed E-state index contributed by atoms with van der Waals surface area (Å²) in [5.74, 6) is 0. The monoisotopic (exact) mass is 316 g/mol. The molecular weight excluding hydrogens is 296 g/mol. The van der Waals surface area contributed by atoms with Gasteiger partial charge in [0.15, 0.2) is 5.11 Å². The molecule has 4 heteroatoms. The van der Waals surface area contributed by atoms with Crippen molar-refractivity contribution in [1.29, 1.82) is 0 Å². The summed E-state index contributed by atoms with van der Waals surface area (Å²) in [6.07, 6.45) is 0. The van der Waals surface area contributed by atoms with Gasteiger partial charge in [-0.25, -0.2) is 0 Å². The molecule has 2 aromatic carbocycles. The van der Waals surface area contributed by atoms with Crippen LogP contribution < -0.4 is 10.6 Å². The molecule has 0 saturated carbocycles. The van der Waals surface area contributed by atoms with Crippen LogP contribution in [0.5, 0.6) is 0 Å². The Morgan fingerprint density at radius 1 is 1.00 bits per heavy atom. The van der Waals surface area contributed by atoms with Crippen molar-refractivity contribution in [2.75, 3.05) is 11.9 Å². The first kappa shape index (κ1) is 15.9. The SMILES string of the molecule is CCNC(=S)Nc1ccc(Sc2ccc(C)c(C)c2)cc1. The van der Waals surface area contributed by atoms with Gasteiger partial charge in [0, 0.05) is 22.0 Å². The lowest BCUT2D eigenvalue weighted by Crippen LogP contribution is -2.27. The van der Waals surface area contributed by atoms with Crippen LogP contribution in [-0.4, -0.2) is 11.7 Å². The standard InChI is InChI=1S/C17H20N2S2/c1-4-18-17(20)19-14-6-9-15(10-7-14)21-16-8-5-12(2)13(3)11-16/h5-11H,4H2,1-3H3,(H2,18,19,20). The maximum absolute atomic E-state index is 5.17. The zero-order valence-electron chi connectivity index (χ0n) is 12.6. The van der Waals surface area contributed by atoms with Gasteiger partial charge >= 0.3 is 0 Å². The molecule has 0 aliphatic heterocycles. The summed E-state index contributed by atoms with van der Waals surface area (Å²) in [6, 6.07) is 14.9. The van der Waals surface area contributed by atoms with E-state index < -0.39 is 0 Å². The van der Waals surface area contributed by atoms with E-state index in [9.17, 15) is 0 Å². The molecule has 2 aromatic rings. The first-order chi connectivity index (χ1) is 10.1. The van der Waals surface area contributed by atoms with Crippen LogP contribution in [0.3, 0.4) is 0 Å². The molecule has 2 nitrogen and oxygen atoms in total. The van der Waals surface area contributed by atoms with Crippen LogP contribution >= 0.6 is 24.0 Å². The third kappa shape index (κ3) is 4.76. The fraction of sp³-hybridized carbons (Fsp3) is 0.235. The number of aryl methyl sites for hydroxylation is 2. The molecule has 0 aromatic heterocycles. The van der Waals surface area contributed by atoms with Gasteiger partial charge in [-0.3, -0.25) is 0 Å². The summed E-state index contributed by atoms with van der Waals surface area (Å²) < 4.78 is 0. The highest BCUT2D eigenvalue weighted by molar-refractivity contribution is 7.99. The van der Waals surface area contributed by atoms with Gasteiger partial charge in [-0.05, 0) is 80.5 Å². The average Bonchev–Trinajstić information content (AvgIpc) is 2.45. The molecule has 0 saturated heterocycles. The van der Waals surface area contributed by atoms with Crippen molar-refractivity contribution in [3.05, 3.63) is 53.6 Å². The topological polar surface area (TPSA) is 24.1 Å². The Bertz CT molecular complexity index is 621. The smallest absolute Gasteiger partial charge is 0.170 e. The molecule has 0 aliphatic carbocycles. The summed E-state index contributed by atoms with van der Waals surface area (Å²) in [5.41, 5.74) is 3.66. The molecule has 0 amide bonds. The van der Waals surface area contributed by atoms with E-state index in [4.69, 9.17) is 12.2 Å². The number of hydrogen-bond acceptors (Lipinski definition) is 2. The molecule has 0 spiro atoms. The maximum Gasteiger partial charge on any atom is 0.170 e. The lowest BCUT2D eigenvalue weighted by molar-refractivity contribution is 0.979. The van der Waals surface area contributed by atoms with E-state index in [1.165, 1.54) is 20.9 Å². The van der Waals surface area contributed by atoms with Crippen LogP contribution in [0.4, 0.5) is 5.69 Å². The Hall–Kier alpha value is -1.52. The highest BCUT2D eigenvalue weighted by Gasteiger charge is 2.01. The Kier molecular flexibility index (Phi) is 5.65. The summed E-state index contributed by atoms with van der Waals surface area (Å²) >= 11 is 6.94. The molecule has 0 fully saturated rings. The summed E-state index contributed by atoms with van der Waals surface area (Å²) in [6.45, 7) is 7.13. The van der Waals surface area contributed by atoms with Gasteiger partial charge in [-0.1, -0.05) is 17.8 Å². The van der Waals surface area contributed by atoms with E-state index in [2.05, 4.69) is 54.8 Å². The van der Waals surface area contributed by atoms with Crippen LogP contribution in [0.15, 0.2) is 52.3 Å². The Balaban J connectivity index is 2.01. The molecule has 0 atom stereocenters. The largest absolute Gasteiger partial charge is 0.363 e. The maximum atomic E-state index is 5.17. The van der Waals surface area contributed by atoms with Gasteiger partial charge in [0.2, 0.25) is 0 Å². The molecule has 110 valence electrons. The molecule has 2 N–H and O–H groups in total. The van der Waals surface area contributed by atoms with E-state index in [1.54, 1.807) is 11.8 Å². The summed E-state index contributed by atoms with van der Waals surface area (Å²) in [7, 11) is 0. The summed E-state index contributed by atoms with van der Waals surface area (Å²) in [4.78, 5) is 2.49. The third-order valence-electron chi connectivity index (χ3n) is 3.16. The second-order valence-electron chi connectivity index (χ2n) is 4.86. The van der Waals surface area contributed by atoms with Gasteiger partial charge in [-0.2, -0.15) is 0 Å². The zero-order valence-corrected chi connectivity index (χ0v) is 14.2. The molecule has 0 heterocycles. The van der Waals surface area contributed by atoms with Crippen LogP contribution in [0.25, 0.3) is 0 Å². The van der Waals surface area contributed by atoms with Gasteiger partial charge < -0.3 is 10.6 Å². The van der Waals surface area contributed by atoms with Gasteiger partial charge in [-0.15, -0.1) is 0 Å². The molecule has 21 heavy (non-hydrogen) atoms. The lowest BCUT2D eigenvalue weighted by Gasteiger charge is -2.09. The molecular formula is C17H20N2S2. The van der Waals surface area contributed by atoms with Crippen molar-refractivity contribution >= 4 is 34.8 Å². The first-order valence-electron chi connectivity index (χ1n) is 6.98. The fourth-order valence-electron chi connectivity index (χ4n) is 1.86. The van der Waals surface area contributed by atoms with E-state index in [-0.39, 0.29) is 0 Å². The highest BCUT2D eigenvalue weighted by atomic mass is 32.2. The van der Waals surface area contributed by atoms with Crippen LogP contribution in [0.1, 0.15) is 18.1 Å². The van der Waals surface area contributed by atoms with Gasteiger partial charge in [0.1, 0.15) is 0 Å². The predicted molar refractivity (Wildman–Crippen MR) is 96.4 cm³/mol. The van der Waals surface area contributed by atoms with Crippen molar-refractivity contribution in [2.24, 2.45) is 0 Å². The Labute approximate surface area is 136 Å². The minimum Gasteiger partial charge on any atom is -0.363 e. The number of benzene rings is 2. The number of thiocarbonyl (C=S) groups is 1. The lowest BCUT2D eigenvalue weighted by atomic mass is 10.1. The number of rotatable bonds is 4. The zero-order chi connectivity index (χ0) is 15.2. The normalized spacial score (nSPS) is 10.2. The van der Waals surface area contributed by atoms with Crippen molar-refractivity contribution in [3.8, 4) is 0 Å². The minimum atomic E-state index is 0.659. The second kappa shape index (κ2) is 7.48. The van der Waals surface area contributed by atoms with Crippen molar-refractivity contribution < 1.29 is 0 Å². The number of hydrogen-bond donors (Lipinski definition) is 2. The van der Waals surface area contributed by atoms with Gasteiger partial charge in [0.05, 0.1) is 0 Å². The third-order valence-corrected chi connectivity index (χ3v) is 4.41. The molecule has 0 bridgehead atoms. The molecule has 0 radical (unpaired) electrons. The van der Waals surface area contributed by atoms with Crippen molar-refractivity contribution in [2.45, 2.75) is 30.6 Å².